The van der Waals surface area contributed by atoms with E-state index in [1.807, 2.05) is 22.6 Å². The van der Waals surface area contributed by atoms with Gasteiger partial charge in [0.05, 0.1) is 33.0 Å². The summed E-state index contributed by atoms with van der Waals surface area (Å²) in [5.74, 6) is -0.981. The highest BCUT2D eigenvalue weighted by Crippen LogP contribution is 2.30. The third-order valence-electron chi connectivity index (χ3n) is 2.00. The van der Waals surface area contributed by atoms with Gasteiger partial charge in [0.2, 0.25) is 5.91 Å². The second-order valence-corrected chi connectivity index (χ2v) is 4.62. The van der Waals surface area contributed by atoms with Gasteiger partial charge < -0.3 is 10.1 Å². The first-order chi connectivity index (χ1) is 8.51. The Morgan fingerprint density at radius 1 is 1.56 bits per heavy atom. The van der Waals surface area contributed by atoms with Crippen LogP contribution in [0.3, 0.4) is 0 Å². The number of nitrogens with zero attached hydrogens (tertiary/aromatic N) is 1. The molecule has 5 nitrogen and oxygen atoms in total. The minimum absolute atomic E-state index is 0.206. The third-order valence-corrected chi connectivity index (χ3v) is 3.83. The fourth-order valence-corrected chi connectivity index (χ4v) is 2.03. The maximum Gasteiger partial charge on any atom is 0.339 e. The van der Waals surface area contributed by atoms with Crippen LogP contribution in [0.4, 0.5) is 5.69 Å². The molecule has 0 unspecified atom stereocenters. The van der Waals surface area contributed by atoms with Crippen molar-refractivity contribution in [1.82, 2.24) is 0 Å². The predicted octanol–water partition coefficient (Wildman–Crippen LogP) is 2.58. The number of rotatable bonds is 3. The van der Waals surface area contributed by atoms with Gasteiger partial charge in [-0.15, -0.1) is 0 Å². The van der Waals surface area contributed by atoms with Gasteiger partial charge in [0.1, 0.15) is 6.42 Å². The molecule has 94 valence electrons. The molecule has 0 radical (unpaired) electrons. The molecule has 0 spiro atoms. The summed E-state index contributed by atoms with van der Waals surface area (Å²) in [6, 6.07) is 4.73. The zero-order valence-electron chi connectivity index (χ0n) is 9.29. The van der Waals surface area contributed by atoms with Crippen LogP contribution in [0.5, 0.6) is 0 Å². The molecule has 1 amide bonds. The molecule has 0 saturated carbocycles. The number of hydrogen-bond donors (Lipinski definition) is 1. The maximum atomic E-state index is 11.4. The van der Waals surface area contributed by atoms with Crippen molar-refractivity contribution in [3.63, 3.8) is 0 Å². The molecule has 7 heteroatoms. The van der Waals surface area contributed by atoms with Gasteiger partial charge in [-0.1, -0.05) is 11.6 Å². The van der Waals surface area contributed by atoms with Gasteiger partial charge in [-0.3, -0.25) is 4.79 Å². The molecule has 1 aromatic carbocycles. The van der Waals surface area contributed by atoms with E-state index in [0.717, 1.165) is 0 Å². The first-order valence-electron chi connectivity index (χ1n) is 4.74. The smallest absolute Gasteiger partial charge is 0.339 e. The van der Waals surface area contributed by atoms with Crippen LogP contribution in [0.2, 0.25) is 5.02 Å². The van der Waals surface area contributed by atoms with Crippen molar-refractivity contribution in [1.29, 1.82) is 5.26 Å². The van der Waals surface area contributed by atoms with Crippen LogP contribution in [-0.4, -0.2) is 19.0 Å². The number of nitrogens with one attached hydrogen (secondary N) is 1. The summed E-state index contributed by atoms with van der Waals surface area (Å²) in [5, 5.41) is 11.1. The number of anilines is 1. The van der Waals surface area contributed by atoms with E-state index in [1.165, 1.54) is 19.2 Å². The molecule has 0 fully saturated rings. The topological polar surface area (TPSA) is 79.2 Å². The number of hydrogen-bond acceptors (Lipinski definition) is 4. The number of methoxy groups -OCH3 is 1. The molecule has 0 bridgehead atoms. The minimum atomic E-state index is -0.548. The van der Waals surface area contributed by atoms with Crippen LogP contribution in [-0.2, 0) is 9.53 Å². The number of benzene rings is 1. The molecule has 0 atom stereocenters. The molecule has 18 heavy (non-hydrogen) atoms. The van der Waals surface area contributed by atoms with Crippen molar-refractivity contribution in [3.8, 4) is 6.07 Å². The zero-order valence-corrected chi connectivity index (χ0v) is 12.2. The fraction of sp³-hybridized carbons (Fsp3) is 0.182. The monoisotopic (exact) mass is 378 g/mol. The van der Waals surface area contributed by atoms with E-state index < -0.39 is 11.9 Å². The Balaban J connectivity index is 3.05. The summed E-state index contributed by atoms with van der Waals surface area (Å²) in [7, 11) is 1.26. The van der Waals surface area contributed by atoms with Crippen LogP contribution < -0.4 is 5.32 Å². The molecule has 1 rings (SSSR count). The van der Waals surface area contributed by atoms with Crippen molar-refractivity contribution in [2.75, 3.05) is 12.4 Å². The van der Waals surface area contributed by atoms with Crippen molar-refractivity contribution < 1.29 is 14.3 Å². The number of esters is 1. The Bertz CT molecular complexity index is 540. The van der Waals surface area contributed by atoms with Gasteiger partial charge in [-0.2, -0.15) is 5.26 Å². The second-order valence-electron chi connectivity index (χ2n) is 3.16. The van der Waals surface area contributed by atoms with E-state index in [-0.39, 0.29) is 17.0 Å². The Hall–Kier alpha value is -1.33. The predicted molar refractivity (Wildman–Crippen MR) is 74.4 cm³/mol. The lowest BCUT2D eigenvalue weighted by Crippen LogP contribution is -2.12. The molecule has 0 saturated heterocycles. The number of ether oxygens (including phenoxy) is 1. The molecular weight excluding hydrogens is 370 g/mol. The highest BCUT2D eigenvalue weighted by molar-refractivity contribution is 14.1. The molecule has 1 N–H and O–H groups in total. The quantitative estimate of drug-likeness (QED) is 0.648. The van der Waals surface area contributed by atoms with Crippen LogP contribution in [0.25, 0.3) is 0 Å². The largest absolute Gasteiger partial charge is 0.465 e. The van der Waals surface area contributed by atoms with E-state index in [2.05, 4.69) is 10.1 Å². The Morgan fingerprint density at radius 3 is 2.78 bits per heavy atom. The van der Waals surface area contributed by atoms with Crippen molar-refractivity contribution in [3.05, 3.63) is 26.3 Å². The normalized spacial score (nSPS) is 9.44. The number of amides is 1. The molecule has 0 heterocycles. The molecular formula is C11H8ClIN2O3. The lowest BCUT2D eigenvalue weighted by molar-refractivity contribution is -0.115. The second kappa shape index (κ2) is 6.56. The van der Waals surface area contributed by atoms with Crippen LogP contribution >= 0.6 is 34.2 Å². The van der Waals surface area contributed by atoms with Crippen molar-refractivity contribution >= 4 is 51.8 Å². The molecule has 0 aromatic heterocycles. The molecule has 1 aromatic rings. The lowest BCUT2D eigenvalue weighted by Gasteiger charge is -2.10. The summed E-state index contributed by atoms with van der Waals surface area (Å²) >= 11 is 7.91. The Labute approximate surface area is 122 Å². The van der Waals surface area contributed by atoms with Gasteiger partial charge >= 0.3 is 5.97 Å². The van der Waals surface area contributed by atoms with Gasteiger partial charge in [0.25, 0.3) is 0 Å². The summed E-state index contributed by atoms with van der Waals surface area (Å²) in [5.41, 5.74) is 0.676. The average Bonchev–Trinajstić information content (AvgIpc) is 2.34. The van der Waals surface area contributed by atoms with Gasteiger partial charge in [-0.05, 0) is 34.7 Å². The lowest BCUT2D eigenvalue weighted by atomic mass is 10.2. The number of halogens is 2. The average molecular weight is 379 g/mol. The van der Waals surface area contributed by atoms with Crippen LogP contribution in [0, 0.1) is 14.9 Å². The standard InChI is InChI=1S/C11H8ClIN2O3/c1-18-11(17)6-2-3-7(10(13)9(6)12)15-8(16)4-5-14/h2-3H,4H2,1H3,(H,15,16). The van der Waals surface area contributed by atoms with E-state index in [0.29, 0.717) is 9.26 Å². The summed E-state index contributed by atoms with van der Waals surface area (Å²) in [4.78, 5) is 22.7. The van der Waals surface area contributed by atoms with E-state index in [4.69, 9.17) is 16.9 Å². The molecule has 0 aliphatic heterocycles. The van der Waals surface area contributed by atoms with Gasteiger partial charge in [0, 0.05) is 0 Å². The SMILES string of the molecule is COC(=O)c1ccc(NC(=O)CC#N)c(I)c1Cl. The number of nitriles is 1. The fourth-order valence-electron chi connectivity index (χ4n) is 1.18. The third kappa shape index (κ3) is 3.34. The van der Waals surface area contributed by atoms with Crippen molar-refractivity contribution in [2.24, 2.45) is 0 Å². The first kappa shape index (κ1) is 14.7. The van der Waals surface area contributed by atoms with E-state index >= 15 is 0 Å². The maximum absolute atomic E-state index is 11.4. The summed E-state index contributed by atoms with van der Waals surface area (Å²) in [6.07, 6.45) is -0.244. The molecule has 0 aliphatic rings. The molecule has 0 aliphatic carbocycles. The van der Waals surface area contributed by atoms with Gasteiger partial charge in [-0.25, -0.2) is 4.79 Å². The highest BCUT2D eigenvalue weighted by Gasteiger charge is 2.16. The Morgan fingerprint density at radius 2 is 2.22 bits per heavy atom. The van der Waals surface area contributed by atoms with E-state index in [9.17, 15) is 9.59 Å². The van der Waals surface area contributed by atoms with Gasteiger partial charge in [0.15, 0.2) is 0 Å². The zero-order chi connectivity index (χ0) is 13.7. The summed E-state index contributed by atoms with van der Waals surface area (Å²) in [6.45, 7) is 0. The van der Waals surface area contributed by atoms with E-state index in [1.54, 1.807) is 6.07 Å². The summed E-state index contributed by atoms with van der Waals surface area (Å²) < 4.78 is 5.09. The van der Waals surface area contributed by atoms with Crippen LogP contribution in [0.1, 0.15) is 16.8 Å². The number of carbonyl (C=O) groups is 2. The minimum Gasteiger partial charge on any atom is -0.465 e. The highest BCUT2D eigenvalue weighted by atomic mass is 127. The Kier molecular flexibility index (Phi) is 5.37. The van der Waals surface area contributed by atoms with Crippen molar-refractivity contribution in [2.45, 2.75) is 6.42 Å². The first-order valence-corrected chi connectivity index (χ1v) is 6.20. The van der Waals surface area contributed by atoms with Crippen LogP contribution in [0.15, 0.2) is 12.1 Å². The number of carbonyl (C=O) groups excluding carboxylic acids is 2.